The van der Waals surface area contributed by atoms with Crippen molar-refractivity contribution < 1.29 is 18.8 Å². The maximum absolute atomic E-state index is 12.0. The Bertz CT molecular complexity index is 435. The average Bonchev–Trinajstić information content (AvgIpc) is 2.26. The molecule has 4 nitrogen and oxygen atoms in total. The first-order chi connectivity index (χ1) is 7.96. The number of Topliss-reactive ketones (excluding diaryl/α,β-unsaturated/α-hetero) is 1. The summed E-state index contributed by atoms with van der Waals surface area (Å²) in [5.74, 6) is 1.51. The molecular weight excluding hydrogens is 218 g/mol. The van der Waals surface area contributed by atoms with Crippen LogP contribution < -0.4 is 9.47 Å². The summed E-state index contributed by atoms with van der Waals surface area (Å²) in [6, 6.07) is 5.37. The molecule has 1 aliphatic rings. The van der Waals surface area contributed by atoms with Gasteiger partial charge in [0.15, 0.2) is 11.5 Å². The van der Waals surface area contributed by atoms with Crippen molar-refractivity contribution in [3.8, 4) is 11.5 Å². The van der Waals surface area contributed by atoms with E-state index in [1.807, 2.05) is 21.1 Å². The zero-order chi connectivity index (χ0) is 12.5. The number of nitrogens with zero attached hydrogens (tertiary/aromatic N) is 1. The predicted molar refractivity (Wildman–Crippen MR) is 64.7 cm³/mol. The molecule has 1 aromatic rings. The van der Waals surface area contributed by atoms with Crippen LogP contribution in [0.5, 0.6) is 11.5 Å². The lowest BCUT2D eigenvalue weighted by molar-refractivity contribution is -0.861. The standard InChI is InChI=1S/C13H18NO3/c1-14(2,3)9-11(15)10-4-5-12-13(8-10)17-7-6-16-12/h4-5,8H,6-7,9H2,1-3H3/q+1. The highest BCUT2D eigenvalue weighted by Gasteiger charge is 2.19. The molecule has 2 rings (SSSR count). The average molecular weight is 236 g/mol. The number of ether oxygens (including phenoxy) is 2. The predicted octanol–water partition coefficient (Wildman–Crippen LogP) is 1.35. The summed E-state index contributed by atoms with van der Waals surface area (Å²) in [7, 11) is 5.99. The number of ketones is 1. The molecule has 1 heterocycles. The van der Waals surface area contributed by atoms with Crippen LogP contribution in [0.15, 0.2) is 18.2 Å². The van der Waals surface area contributed by atoms with Gasteiger partial charge in [0.05, 0.1) is 21.1 Å². The van der Waals surface area contributed by atoms with E-state index in [0.29, 0.717) is 35.6 Å². The van der Waals surface area contributed by atoms with Gasteiger partial charge in [0.2, 0.25) is 5.78 Å². The van der Waals surface area contributed by atoms with Crippen molar-refractivity contribution in [2.45, 2.75) is 0 Å². The van der Waals surface area contributed by atoms with E-state index in [-0.39, 0.29) is 5.78 Å². The number of carbonyl (C=O) groups excluding carboxylic acids is 1. The van der Waals surface area contributed by atoms with Gasteiger partial charge < -0.3 is 14.0 Å². The number of benzene rings is 1. The molecule has 0 radical (unpaired) electrons. The van der Waals surface area contributed by atoms with Crippen LogP contribution in [0.1, 0.15) is 10.4 Å². The normalized spacial score (nSPS) is 14.5. The summed E-state index contributed by atoms with van der Waals surface area (Å²) in [5, 5.41) is 0. The third kappa shape index (κ3) is 2.97. The first-order valence-electron chi connectivity index (χ1n) is 5.69. The van der Waals surface area contributed by atoms with Crippen LogP contribution in [0.4, 0.5) is 0 Å². The number of hydrogen-bond donors (Lipinski definition) is 0. The van der Waals surface area contributed by atoms with E-state index in [2.05, 4.69) is 0 Å². The van der Waals surface area contributed by atoms with Crippen molar-refractivity contribution in [2.24, 2.45) is 0 Å². The van der Waals surface area contributed by atoms with Crippen LogP contribution >= 0.6 is 0 Å². The Morgan fingerprint density at radius 1 is 1.18 bits per heavy atom. The van der Waals surface area contributed by atoms with Crippen molar-refractivity contribution in [3.05, 3.63) is 23.8 Å². The maximum atomic E-state index is 12.0. The molecule has 0 N–H and O–H groups in total. The Morgan fingerprint density at radius 2 is 1.82 bits per heavy atom. The molecule has 0 aromatic heterocycles. The molecular formula is C13H18NO3+. The van der Waals surface area contributed by atoms with E-state index in [4.69, 9.17) is 9.47 Å². The summed E-state index contributed by atoms with van der Waals surface area (Å²) in [5.41, 5.74) is 0.683. The molecule has 0 saturated heterocycles. The van der Waals surface area contributed by atoms with Gasteiger partial charge in [-0.3, -0.25) is 4.79 Å². The Balaban J connectivity index is 2.19. The Labute approximate surface area is 101 Å². The van der Waals surface area contributed by atoms with Gasteiger partial charge in [0, 0.05) is 5.56 Å². The summed E-state index contributed by atoms with van der Waals surface area (Å²) in [4.78, 5) is 12.0. The Hall–Kier alpha value is -1.55. The minimum absolute atomic E-state index is 0.120. The molecule has 0 bridgehead atoms. The Morgan fingerprint density at radius 3 is 2.47 bits per heavy atom. The van der Waals surface area contributed by atoms with E-state index in [0.717, 1.165) is 5.75 Å². The number of carbonyl (C=O) groups is 1. The fraction of sp³-hybridized carbons (Fsp3) is 0.462. The molecule has 0 amide bonds. The lowest BCUT2D eigenvalue weighted by atomic mass is 10.1. The molecule has 0 fully saturated rings. The zero-order valence-electron chi connectivity index (χ0n) is 10.5. The zero-order valence-corrected chi connectivity index (χ0v) is 10.5. The van der Waals surface area contributed by atoms with Gasteiger partial charge in [0.25, 0.3) is 0 Å². The second-order valence-electron chi connectivity index (χ2n) is 5.23. The molecule has 17 heavy (non-hydrogen) atoms. The van der Waals surface area contributed by atoms with Crippen molar-refractivity contribution in [1.29, 1.82) is 0 Å². The second kappa shape index (κ2) is 4.37. The number of fused-ring (bicyclic) bond motifs is 1. The first kappa shape index (κ1) is 11.9. The fourth-order valence-corrected chi connectivity index (χ4v) is 1.74. The third-order valence-electron chi connectivity index (χ3n) is 2.48. The topological polar surface area (TPSA) is 35.5 Å². The lowest BCUT2D eigenvalue weighted by Gasteiger charge is -2.23. The van der Waals surface area contributed by atoms with Crippen molar-refractivity contribution in [2.75, 3.05) is 40.9 Å². The van der Waals surface area contributed by atoms with Crippen LogP contribution in [0.25, 0.3) is 0 Å². The maximum Gasteiger partial charge on any atom is 0.217 e. The summed E-state index contributed by atoms with van der Waals surface area (Å²) < 4.78 is 11.5. The summed E-state index contributed by atoms with van der Waals surface area (Å²) >= 11 is 0. The van der Waals surface area contributed by atoms with Gasteiger partial charge in [-0.2, -0.15) is 0 Å². The van der Waals surface area contributed by atoms with Crippen molar-refractivity contribution >= 4 is 5.78 Å². The highest BCUT2D eigenvalue weighted by molar-refractivity contribution is 5.97. The molecule has 0 saturated carbocycles. The monoisotopic (exact) mass is 236 g/mol. The number of quaternary nitrogens is 1. The van der Waals surface area contributed by atoms with Gasteiger partial charge in [-0.25, -0.2) is 0 Å². The number of likely N-dealkylation sites (N-methyl/N-ethyl adjacent to an activating group) is 1. The summed E-state index contributed by atoms with van der Waals surface area (Å²) in [6.07, 6.45) is 0. The SMILES string of the molecule is C[N+](C)(C)CC(=O)c1ccc2c(c1)OCCO2. The quantitative estimate of drug-likeness (QED) is 0.587. The largest absolute Gasteiger partial charge is 0.486 e. The van der Waals surface area contributed by atoms with Gasteiger partial charge in [-0.1, -0.05) is 0 Å². The fourth-order valence-electron chi connectivity index (χ4n) is 1.74. The van der Waals surface area contributed by atoms with Crippen LogP contribution in [-0.2, 0) is 0 Å². The molecule has 0 aliphatic carbocycles. The molecule has 0 atom stereocenters. The molecule has 0 unspecified atom stereocenters. The van der Waals surface area contributed by atoms with Crippen LogP contribution in [0.3, 0.4) is 0 Å². The van der Waals surface area contributed by atoms with Crippen LogP contribution in [0, 0.1) is 0 Å². The molecule has 92 valence electrons. The van der Waals surface area contributed by atoms with Gasteiger partial charge >= 0.3 is 0 Å². The van der Waals surface area contributed by atoms with E-state index in [1.54, 1.807) is 18.2 Å². The minimum atomic E-state index is 0.120. The molecule has 1 aromatic carbocycles. The molecule has 4 heteroatoms. The van der Waals surface area contributed by atoms with E-state index in [1.165, 1.54) is 0 Å². The second-order valence-corrected chi connectivity index (χ2v) is 5.23. The van der Waals surface area contributed by atoms with E-state index >= 15 is 0 Å². The molecule has 0 spiro atoms. The first-order valence-corrected chi connectivity index (χ1v) is 5.69. The number of rotatable bonds is 3. The summed E-state index contributed by atoms with van der Waals surface area (Å²) in [6.45, 7) is 1.58. The molecule has 1 aliphatic heterocycles. The highest BCUT2D eigenvalue weighted by atomic mass is 16.6. The van der Waals surface area contributed by atoms with E-state index < -0.39 is 0 Å². The third-order valence-corrected chi connectivity index (χ3v) is 2.48. The van der Waals surface area contributed by atoms with Gasteiger partial charge in [-0.15, -0.1) is 0 Å². The van der Waals surface area contributed by atoms with Crippen molar-refractivity contribution in [3.63, 3.8) is 0 Å². The van der Waals surface area contributed by atoms with Crippen LogP contribution in [0.2, 0.25) is 0 Å². The Kier molecular flexibility index (Phi) is 3.07. The van der Waals surface area contributed by atoms with E-state index in [9.17, 15) is 4.79 Å². The smallest absolute Gasteiger partial charge is 0.217 e. The van der Waals surface area contributed by atoms with Gasteiger partial charge in [0.1, 0.15) is 19.8 Å². The van der Waals surface area contributed by atoms with Crippen molar-refractivity contribution in [1.82, 2.24) is 0 Å². The lowest BCUT2D eigenvalue weighted by Crippen LogP contribution is -2.39. The number of hydrogen-bond acceptors (Lipinski definition) is 3. The van der Waals surface area contributed by atoms with Crippen LogP contribution in [-0.4, -0.2) is 51.2 Å². The highest BCUT2D eigenvalue weighted by Crippen LogP contribution is 2.30. The van der Waals surface area contributed by atoms with Gasteiger partial charge in [-0.05, 0) is 18.2 Å². The minimum Gasteiger partial charge on any atom is -0.486 e.